The molecule has 0 aromatic heterocycles. The molecule has 0 aliphatic carbocycles. The summed E-state index contributed by atoms with van der Waals surface area (Å²) in [6.45, 7) is 0. The molecule has 0 heterocycles. The van der Waals surface area contributed by atoms with Gasteiger partial charge in [-0.3, -0.25) is 0 Å². The molecular weight excluding hydrogens is 270 g/mol. The predicted octanol–water partition coefficient (Wildman–Crippen LogP) is -0.366. The first-order valence-corrected chi connectivity index (χ1v) is 0. The largest absolute Gasteiger partial charge is 3.00 e. The standard InChI is InChI=1S/Co.2Cr.Ni.3O/q;2*+3;;3*-2. The molecule has 0 aromatic carbocycles. The summed E-state index contributed by atoms with van der Waals surface area (Å²) in [6.07, 6.45) is 0. The molecule has 0 saturated carbocycles. The van der Waals surface area contributed by atoms with Crippen molar-refractivity contribution in [2.24, 2.45) is 0 Å². The first-order chi connectivity index (χ1) is 0. The molecule has 0 N–H and O–H groups in total. The van der Waals surface area contributed by atoms with E-state index in [4.69, 9.17) is 0 Å². The second-order valence-corrected chi connectivity index (χ2v) is 0. The van der Waals surface area contributed by atoms with Crippen molar-refractivity contribution < 1.29 is 84.4 Å². The van der Waals surface area contributed by atoms with Crippen molar-refractivity contribution in [3.63, 3.8) is 0 Å². The summed E-state index contributed by atoms with van der Waals surface area (Å²) in [4.78, 5) is 0. The van der Waals surface area contributed by atoms with Gasteiger partial charge in [-0.15, -0.1) is 0 Å². The first kappa shape index (κ1) is 149. The molecule has 3 radical (unpaired) electrons. The smallest absolute Gasteiger partial charge is 2.00 e. The molecule has 3 nitrogen and oxygen atoms in total. The van der Waals surface area contributed by atoms with Crippen LogP contribution in [-0.2, 0) is 84.4 Å². The van der Waals surface area contributed by atoms with Crippen LogP contribution in [0.25, 0.3) is 0 Å². The molecule has 0 fully saturated rings. The van der Waals surface area contributed by atoms with Crippen LogP contribution in [0.4, 0.5) is 0 Å². The zero-order chi connectivity index (χ0) is 0. The summed E-state index contributed by atoms with van der Waals surface area (Å²) in [5, 5.41) is 0. The van der Waals surface area contributed by atoms with Crippen molar-refractivity contribution in [2.75, 3.05) is 0 Å². The Balaban J connectivity index is 0. The minimum absolute atomic E-state index is 0. The fourth-order valence-corrected chi connectivity index (χ4v) is 0. The van der Waals surface area contributed by atoms with Gasteiger partial charge >= 0.3 is 34.7 Å². The van der Waals surface area contributed by atoms with Crippen LogP contribution in [0.3, 0.4) is 0 Å². The van der Waals surface area contributed by atoms with Gasteiger partial charge in [-0.25, -0.2) is 0 Å². The minimum Gasteiger partial charge on any atom is -2.00 e. The van der Waals surface area contributed by atoms with Crippen LogP contribution in [0.15, 0.2) is 0 Å². The van der Waals surface area contributed by atoms with Crippen LogP contribution >= 0.6 is 0 Å². The maximum Gasteiger partial charge on any atom is 3.00 e. The van der Waals surface area contributed by atoms with Gasteiger partial charge in [-0.2, -0.15) is 0 Å². The van der Waals surface area contributed by atoms with Crippen LogP contribution in [0.5, 0.6) is 0 Å². The zero-order valence-electron chi connectivity index (χ0n) is 2.69. The van der Waals surface area contributed by atoms with Gasteiger partial charge in [0.15, 0.2) is 0 Å². The minimum atomic E-state index is 0. The summed E-state index contributed by atoms with van der Waals surface area (Å²) in [7, 11) is 0. The molecule has 7 heavy (non-hydrogen) atoms. The van der Waals surface area contributed by atoms with Gasteiger partial charge in [0, 0.05) is 33.3 Å². The van der Waals surface area contributed by atoms with Gasteiger partial charge in [0.25, 0.3) is 0 Å². The van der Waals surface area contributed by atoms with Gasteiger partial charge in [-0.05, 0) is 0 Å². The van der Waals surface area contributed by atoms with E-state index < -0.39 is 0 Å². The Bertz CT molecular complexity index is 12.9. The van der Waals surface area contributed by atoms with Crippen molar-refractivity contribution in [1.82, 2.24) is 0 Å². The molecule has 0 unspecified atom stereocenters. The SMILES string of the molecule is [Co].[Cr+3].[Cr+3].[Ni].[O-2].[O-2].[O-2]. The molecule has 0 saturated heterocycles. The molecule has 0 amide bonds. The van der Waals surface area contributed by atoms with E-state index in [1.807, 2.05) is 0 Å². The van der Waals surface area contributed by atoms with Crippen molar-refractivity contribution in [3.8, 4) is 0 Å². The third-order valence-electron chi connectivity index (χ3n) is 0. The van der Waals surface area contributed by atoms with Gasteiger partial charge in [0.2, 0.25) is 0 Å². The van der Waals surface area contributed by atoms with Gasteiger partial charge < -0.3 is 16.4 Å². The molecular formula is CoCr2NiO3. The topological polar surface area (TPSA) is 85.5 Å². The Hall–Kier alpha value is 1.94. The van der Waals surface area contributed by atoms with Crippen LogP contribution in [0.1, 0.15) is 0 Å². The number of hydrogen-bond acceptors (Lipinski definition) is 0. The molecule has 0 atom stereocenters. The van der Waals surface area contributed by atoms with Gasteiger partial charge in [0.05, 0.1) is 0 Å². The molecule has 0 aliphatic heterocycles. The van der Waals surface area contributed by atoms with Crippen LogP contribution in [0.2, 0.25) is 0 Å². The number of hydrogen-bond donors (Lipinski definition) is 0. The molecule has 7 heteroatoms. The van der Waals surface area contributed by atoms with Crippen molar-refractivity contribution in [3.05, 3.63) is 0 Å². The molecule has 0 aliphatic rings. The summed E-state index contributed by atoms with van der Waals surface area (Å²) in [6, 6.07) is 0. The zero-order valence-corrected chi connectivity index (χ0v) is 7.27. The second kappa shape index (κ2) is 101. The average Bonchev–Trinajstić information content (AvgIpc) is 0. The summed E-state index contributed by atoms with van der Waals surface area (Å²) >= 11 is 0. The van der Waals surface area contributed by atoms with Crippen LogP contribution < -0.4 is 0 Å². The maximum absolute atomic E-state index is 0. The summed E-state index contributed by atoms with van der Waals surface area (Å²) in [5.41, 5.74) is 0. The van der Waals surface area contributed by atoms with Crippen LogP contribution in [-0.4, -0.2) is 0 Å². The van der Waals surface area contributed by atoms with E-state index >= 15 is 0 Å². The van der Waals surface area contributed by atoms with Crippen molar-refractivity contribution in [2.45, 2.75) is 0 Å². The van der Waals surface area contributed by atoms with Gasteiger partial charge in [0.1, 0.15) is 0 Å². The van der Waals surface area contributed by atoms with E-state index in [0.29, 0.717) is 0 Å². The Morgan fingerprint density at radius 1 is 0.571 bits per heavy atom. The summed E-state index contributed by atoms with van der Waals surface area (Å²) in [5.74, 6) is 0. The Morgan fingerprint density at radius 2 is 0.571 bits per heavy atom. The van der Waals surface area contributed by atoms with E-state index in [1.54, 1.807) is 0 Å². The van der Waals surface area contributed by atoms with E-state index in [9.17, 15) is 0 Å². The summed E-state index contributed by atoms with van der Waals surface area (Å²) < 4.78 is 0. The Kier molecular flexibility index (Phi) is 2160. The third-order valence-corrected chi connectivity index (χ3v) is 0. The number of rotatable bonds is 0. The van der Waals surface area contributed by atoms with Gasteiger partial charge in [-0.1, -0.05) is 0 Å². The third kappa shape index (κ3) is 74.2. The van der Waals surface area contributed by atoms with E-state index in [1.165, 1.54) is 0 Å². The monoisotopic (exact) mass is 269 g/mol. The average molecular weight is 270 g/mol. The molecule has 0 aromatic rings. The fraction of sp³-hybridized carbons (Fsp3) is 0. The van der Waals surface area contributed by atoms with Crippen molar-refractivity contribution in [1.29, 1.82) is 0 Å². The predicted molar refractivity (Wildman–Crippen MR) is 2.06 cm³/mol. The van der Waals surface area contributed by atoms with E-state index in [-0.39, 0.29) is 84.4 Å². The molecule has 0 rings (SSSR count). The quantitative estimate of drug-likeness (QED) is 0.538. The molecule has 0 bridgehead atoms. The molecule has 0 spiro atoms. The Labute approximate surface area is 83.9 Å². The maximum atomic E-state index is 0. The van der Waals surface area contributed by atoms with Crippen molar-refractivity contribution >= 4 is 0 Å². The van der Waals surface area contributed by atoms with E-state index in [2.05, 4.69) is 0 Å². The Morgan fingerprint density at radius 3 is 0.571 bits per heavy atom. The fourth-order valence-electron chi connectivity index (χ4n) is 0. The second-order valence-electron chi connectivity index (χ2n) is 0. The van der Waals surface area contributed by atoms with E-state index in [0.717, 1.165) is 0 Å². The first-order valence-electron chi connectivity index (χ1n) is 0. The van der Waals surface area contributed by atoms with Crippen LogP contribution in [0, 0.1) is 0 Å². The normalized spacial score (nSPS) is 0. The molecule has 49 valence electrons.